The van der Waals surface area contributed by atoms with E-state index in [1.807, 2.05) is 38.1 Å². The fourth-order valence-electron chi connectivity index (χ4n) is 4.33. The van der Waals surface area contributed by atoms with Crippen molar-refractivity contribution in [2.75, 3.05) is 12.3 Å². The van der Waals surface area contributed by atoms with Crippen molar-refractivity contribution in [3.05, 3.63) is 65.2 Å². The van der Waals surface area contributed by atoms with E-state index in [4.69, 9.17) is 0 Å². The molecule has 1 aliphatic rings. The second kappa shape index (κ2) is 11.5. The van der Waals surface area contributed by atoms with Gasteiger partial charge in [0.15, 0.2) is 0 Å². The summed E-state index contributed by atoms with van der Waals surface area (Å²) in [5.41, 5.74) is 3.00. The van der Waals surface area contributed by atoms with Crippen LogP contribution in [0.4, 0.5) is 0 Å². The Morgan fingerprint density at radius 3 is 2.18 bits per heavy atom. The second-order valence-electron chi connectivity index (χ2n) is 8.96. The number of piperidine rings is 1. The third kappa shape index (κ3) is 6.40. The molecular formula is C26H35NO4S2. The number of carboxylic acid groups (broad SMARTS) is 1. The molecule has 0 radical (unpaired) electrons. The van der Waals surface area contributed by atoms with E-state index in [2.05, 4.69) is 6.92 Å². The maximum absolute atomic E-state index is 13.7. The number of sulfonamides is 1. The van der Waals surface area contributed by atoms with Gasteiger partial charge in [-0.15, -0.1) is 0 Å². The van der Waals surface area contributed by atoms with Gasteiger partial charge in [0.05, 0.1) is 16.9 Å². The number of unbranched alkanes of at least 4 members (excludes halogenated alkanes) is 3. The Bertz CT molecular complexity index is 1020. The maximum atomic E-state index is 13.7. The van der Waals surface area contributed by atoms with Gasteiger partial charge >= 0.3 is 5.97 Å². The van der Waals surface area contributed by atoms with Crippen LogP contribution in [-0.4, -0.2) is 41.3 Å². The van der Waals surface area contributed by atoms with Crippen molar-refractivity contribution in [1.82, 2.24) is 4.31 Å². The molecule has 0 amide bonds. The SMILES string of the molecule is CCCCCCS[C@@H]1C[C@@H](c2ccc(C)cc2)N(S(=O)(=O)c2ccc(C)cc2)C[C@H]1C(=O)O. The van der Waals surface area contributed by atoms with Crippen LogP contribution in [-0.2, 0) is 14.8 Å². The van der Waals surface area contributed by atoms with Crippen LogP contribution in [0.2, 0.25) is 0 Å². The molecule has 0 aliphatic carbocycles. The lowest BCUT2D eigenvalue weighted by molar-refractivity contribution is -0.143. The van der Waals surface area contributed by atoms with Gasteiger partial charge < -0.3 is 5.11 Å². The predicted octanol–water partition coefficient (Wildman–Crippen LogP) is 5.82. The lowest BCUT2D eigenvalue weighted by Gasteiger charge is -2.42. The van der Waals surface area contributed by atoms with E-state index in [9.17, 15) is 18.3 Å². The van der Waals surface area contributed by atoms with Crippen molar-refractivity contribution in [2.45, 2.75) is 69.1 Å². The number of carboxylic acids is 1. The van der Waals surface area contributed by atoms with E-state index >= 15 is 0 Å². The highest BCUT2D eigenvalue weighted by Gasteiger charge is 2.45. The first kappa shape index (κ1) is 25.8. The highest BCUT2D eigenvalue weighted by atomic mass is 32.2. The van der Waals surface area contributed by atoms with Crippen molar-refractivity contribution in [3.63, 3.8) is 0 Å². The average Bonchev–Trinajstić information content (AvgIpc) is 2.79. The molecule has 1 aliphatic heterocycles. The van der Waals surface area contributed by atoms with Gasteiger partial charge in [0, 0.05) is 11.8 Å². The molecule has 1 heterocycles. The molecule has 2 aromatic rings. The van der Waals surface area contributed by atoms with Crippen LogP contribution < -0.4 is 0 Å². The summed E-state index contributed by atoms with van der Waals surface area (Å²) in [5.74, 6) is -0.754. The molecule has 1 N–H and O–H groups in total. The van der Waals surface area contributed by atoms with Gasteiger partial charge in [-0.3, -0.25) is 4.79 Å². The van der Waals surface area contributed by atoms with Gasteiger partial charge in [0.25, 0.3) is 0 Å². The number of carbonyl (C=O) groups is 1. The number of hydrogen-bond acceptors (Lipinski definition) is 4. The zero-order chi connectivity index (χ0) is 24.0. The molecule has 0 spiro atoms. The quantitative estimate of drug-likeness (QED) is 0.426. The van der Waals surface area contributed by atoms with Crippen molar-refractivity contribution < 1.29 is 18.3 Å². The van der Waals surface area contributed by atoms with Crippen LogP contribution in [0, 0.1) is 19.8 Å². The van der Waals surface area contributed by atoms with Gasteiger partial charge in [-0.1, -0.05) is 73.7 Å². The molecule has 180 valence electrons. The van der Waals surface area contributed by atoms with Crippen LogP contribution in [0.3, 0.4) is 0 Å². The molecule has 0 saturated carbocycles. The van der Waals surface area contributed by atoms with Gasteiger partial charge in [0.2, 0.25) is 10.0 Å². The molecule has 5 nitrogen and oxygen atoms in total. The van der Waals surface area contributed by atoms with E-state index in [1.165, 1.54) is 10.7 Å². The summed E-state index contributed by atoms with van der Waals surface area (Å²) in [6.45, 7) is 6.07. The number of hydrogen-bond donors (Lipinski definition) is 1. The number of aryl methyl sites for hydroxylation is 2. The number of thioether (sulfide) groups is 1. The Labute approximate surface area is 202 Å². The van der Waals surface area contributed by atoms with Gasteiger partial charge in [-0.25, -0.2) is 8.42 Å². The highest BCUT2D eigenvalue weighted by Crippen LogP contribution is 2.42. The molecule has 1 saturated heterocycles. The minimum absolute atomic E-state index is 0.0171. The highest BCUT2D eigenvalue weighted by molar-refractivity contribution is 7.99. The Hall–Kier alpha value is -1.83. The summed E-state index contributed by atoms with van der Waals surface area (Å²) in [7, 11) is -3.85. The smallest absolute Gasteiger partial charge is 0.308 e. The van der Waals surface area contributed by atoms with Crippen LogP contribution in [0.15, 0.2) is 53.4 Å². The van der Waals surface area contributed by atoms with E-state index in [0.29, 0.717) is 6.42 Å². The Morgan fingerprint density at radius 1 is 1.00 bits per heavy atom. The number of nitrogens with zero attached hydrogens (tertiary/aromatic N) is 1. The molecule has 0 bridgehead atoms. The first-order valence-corrected chi connectivity index (χ1v) is 14.2. The molecule has 1 fully saturated rings. The van der Waals surface area contributed by atoms with E-state index < -0.39 is 21.9 Å². The molecule has 0 unspecified atom stereocenters. The number of rotatable bonds is 10. The van der Waals surface area contributed by atoms with E-state index in [1.54, 1.807) is 36.0 Å². The second-order valence-corrected chi connectivity index (χ2v) is 12.2. The summed E-state index contributed by atoms with van der Waals surface area (Å²) < 4.78 is 28.8. The normalized spacial score (nSPS) is 21.7. The van der Waals surface area contributed by atoms with Crippen LogP contribution >= 0.6 is 11.8 Å². The summed E-state index contributed by atoms with van der Waals surface area (Å²) >= 11 is 1.69. The van der Waals surface area contributed by atoms with Crippen molar-refractivity contribution in [3.8, 4) is 0 Å². The standard InChI is InChI=1S/C26H35NO4S2/c1-4-5-6-7-16-32-25-17-24(21-12-8-19(2)9-13-21)27(18-23(25)26(28)29)33(30,31)22-14-10-20(3)11-15-22/h8-15,23-25H,4-7,16-18H2,1-3H3,(H,28,29)/t23-,24+,25-/m1/s1. The average molecular weight is 490 g/mol. The first-order chi connectivity index (χ1) is 15.7. The van der Waals surface area contributed by atoms with E-state index in [0.717, 1.165) is 41.7 Å². The molecule has 33 heavy (non-hydrogen) atoms. The third-order valence-electron chi connectivity index (χ3n) is 6.37. The molecule has 3 atom stereocenters. The summed E-state index contributed by atoms with van der Waals surface area (Å²) in [4.78, 5) is 12.4. The Morgan fingerprint density at radius 2 is 1.61 bits per heavy atom. The summed E-state index contributed by atoms with van der Waals surface area (Å²) in [6.07, 6.45) is 5.03. The van der Waals surface area contributed by atoms with Gasteiger partial charge in [-0.2, -0.15) is 16.1 Å². The zero-order valence-electron chi connectivity index (χ0n) is 19.7. The van der Waals surface area contributed by atoms with Gasteiger partial charge in [-0.05, 0) is 50.1 Å². The summed E-state index contributed by atoms with van der Waals surface area (Å²) in [6, 6.07) is 14.3. The lowest BCUT2D eigenvalue weighted by Crippen LogP contribution is -2.49. The van der Waals surface area contributed by atoms with Crippen LogP contribution in [0.25, 0.3) is 0 Å². The number of aliphatic carboxylic acids is 1. The monoisotopic (exact) mass is 489 g/mol. The van der Waals surface area contributed by atoms with Crippen molar-refractivity contribution in [2.24, 2.45) is 5.92 Å². The molecule has 2 aromatic carbocycles. The predicted molar refractivity (Wildman–Crippen MR) is 135 cm³/mol. The van der Waals surface area contributed by atoms with Crippen LogP contribution in [0.5, 0.6) is 0 Å². The van der Waals surface area contributed by atoms with Crippen molar-refractivity contribution >= 4 is 27.8 Å². The minimum atomic E-state index is -3.85. The molecule has 7 heteroatoms. The Balaban J connectivity index is 1.93. The zero-order valence-corrected chi connectivity index (χ0v) is 21.4. The lowest BCUT2D eigenvalue weighted by atomic mass is 9.90. The third-order valence-corrected chi connectivity index (χ3v) is 9.73. The maximum Gasteiger partial charge on any atom is 0.308 e. The largest absolute Gasteiger partial charge is 0.481 e. The first-order valence-electron chi connectivity index (χ1n) is 11.7. The fourth-order valence-corrected chi connectivity index (χ4v) is 7.40. The van der Waals surface area contributed by atoms with Crippen LogP contribution in [0.1, 0.15) is 61.8 Å². The molecule has 0 aromatic heterocycles. The summed E-state index contributed by atoms with van der Waals surface area (Å²) in [5, 5.41) is 9.87. The molecular weight excluding hydrogens is 454 g/mol. The Kier molecular flexibility index (Phi) is 9.02. The minimum Gasteiger partial charge on any atom is -0.481 e. The van der Waals surface area contributed by atoms with Crippen molar-refractivity contribution in [1.29, 1.82) is 0 Å². The van der Waals surface area contributed by atoms with Gasteiger partial charge in [0.1, 0.15) is 0 Å². The topological polar surface area (TPSA) is 74.7 Å². The molecule has 3 rings (SSSR count). The number of benzene rings is 2. The van der Waals surface area contributed by atoms with E-state index in [-0.39, 0.29) is 22.7 Å². The fraction of sp³-hybridized carbons (Fsp3) is 0.500.